The van der Waals surface area contributed by atoms with Crippen molar-refractivity contribution >= 4 is 51.4 Å². The molecule has 0 spiro atoms. The highest BCUT2D eigenvalue weighted by Crippen LogP contribution is 2.30. The molecular weight excluding hydrogens is 419 g/mol. The molecule has 3 aromatic rings. The molecule has 0 saturated heterocycles. The van der Waals surface area contributed by atoms with Gasteiger partial charge in [0.1, 0.15) is 5.82 Å². The Labute approximate surface area is 175 Å². The van der Waals surface area contributed by atoms with E-state index in [4.69, 9.17) is 11.6 Å². The van der Waals surface area contributed by atoms with Crippen LogP contribution in [0.4, 0.5) is 15.2 Å². The topological polar surface area (TPSA) is 66.9 Å². The normalized spacial score (nSPS) is 11.9. The fourth-order valence-corrected chi connectivity index (χ4v) is 4.34. The Morgan fingerprint density at radius 3 is 2.75 bits per heavy atom. The van der Waals surface area contributed by atoms with Gasteiger partial charge in [0.25, 0.3) is 0 Å². The van der Waals surface area contributed by atoms with E-state index in [9.17, 15) is 9.18 Å². The van der Waals surface area contributed by atoms with Gasteiger partial charge in [-0.2, -0.15) is 0 Å². The Kier molecular flexibility index (Phi) is 6.88. The summed E-state index contributed by atoms with van der Waals surface area (Å²) in [6, 6.07) is 11.6. The third-order valence-corrected chi connectivity index (χ3v) is 6.17. The van der Waals surface area contributed by atoms with Crippen LogP contribution in [0.25, 0.3) is 0 Å². The number of anilines is 2. The number of benzene rings is 2. The molecule has 1 amide bonds. The van der Waals surface area contributed by atoms with Gasteiger partial charge in [-0.1, -0.05) is 52.9 Å². The van der Waals surface area contributed by atoms with Crippen LogP contribution in [0.15, 0.2) is 46.8 Å². The van der Waals surface area contributed by atoms with Crippen molar-refractivity contribution in [3.8, 4) is 0 Å². The third kappa shape index (κ3) is 5.67. The summed E-state index contributed by atoms with van der Waals surface area (Å²) in [5, 5.41) is 15.1. The van der Waals surface area contributed by atoms with Gasteiger partial charge in [-0.05, 0) is 49.2 Å². The largest absolute Gasteiger partial charge is 0.356 e. The van der Waals surface area contributed by atoms with Crippen LogP contribution in [0.3, 0.4) is 0 Å². The number of aryl methyl sites for hydroxylation is 1. The van der Waals surface area contributed by atoms with Gasteiger partial charge in [0.2, 0.25) is 11.0 Å². The molecule has 1 unspecified atom stereocenters. The molecule has 0 aliphatic heterocycles. The number of nitrogens with one attached hydrogen (secondary N) is 2. The highest BCUT2D eigenvalue weighted by Gasteiger charge is 2.18. The fourth-order valence-electron chi connectivity index (χ4n) is 2.28. The predicted molar refractivity (Wildman–Crippen MR) is 114 cm³/mol. The number of hydrogen-bond donors (Lipinski definition) is 2. The van der Waals surface area contributed by atoms with Crippen molar-refractivity contribution in [2.45, 2.75) is 30.0 Å². The molecule has 2 aromatic carbocycles. The Morgan fingerprint density at radius 2 is 2.00 bits per heavy atom. The molecule has 1 atom stereocenters. The standard InChI is InChI=1S/C19H18ClFN4OS2/c1-11-3-6-14(20)9-16(11)23-17(26)12(2)27-19-25-24-18(28-19)22-10-13-4-7-15(21)8-5-13/h3-9,12H,10H2,1-2H3,(H,22,24)(H,23,26). The summed E-state index contributed by atoms with van der Waals surface area (Å²) >= 11 is 8.70. The lowest BCUT2D eigenvalue weighted by atomic mass is 10.2. The zero-order valence-electron chi connectivity index (χ0n) is 15.2. The summed E-state index contributed by atoms with van der Waals surface area (Å²) in [4.78, 5) is 12.5. The minimum Gasteiger partial charge on any atom is -0.356 e. The summed E-state index contributed by atoms with van der Waals surface area (Å²) in [6.45, 7) is 4.24. The average molecular weight is 437 g/mol. The van der Waals surface area contributed by atoms with Crippen molar-refractivity contribution < 1.29 is 9.18 Å². The van der Waals surface area contributed by atoms with Crippen LogP contribution in [0.5, 0.6) is 0 Å². The zero-order valence-corrected chi connectivity index (χ0v) is 17.6. The highest BCUT2D eigenvalue weighted by molar-refractivity contribution is 8.02. The first-order valence-corrected chi connectivity index (χ1v) is 10.5. The number of amides is 1. The lowest BCUT2D eigenvalue weighted by molar-refractivity contribution is -0.115. The summed E-state index contributed by atoms with van der Waals surface area (Å²) < 4.78 is 13.6. The van der Waals surface area contributed by atoms with E-state index in [1.54, 1.807) is 24.3 Å². The summed E-state index contributed by atoms with van der Waals surface area (Å²) in [5.41, 5.74) is 2.58. The van der Waals surface area contributed by atoms with Crippen LogP contribution < -0.4 is 10.6 Å². The number of rotatable bonds is 7. The maximum absolute atomic E-state index is 12.9. The monoisotopic (exact) mass is 436 g/mol. The molecule has 28 heavy (non-hydrogen) atoms. The maximum Gasteiger partial charge on any atom is 0.237 e. The number of nitrogens with zero attached hydrogens (tertiary/aromatic N) is 2. The fraction of sp³-hybridized carbons (Fsp3) is 0.211. The second-order valence-corrected chi connectivity index (χ2v) is 9.06. The van der Waals surface area contributed by atoms with E-state index >= 15 is 0 Å². The smallest absolute Gasteiger partial charge is 0.237 e. The molecule has 2 N–H and O–H groups in total. The molecule has 9 heteroatoms. The number of aromatic nitrogens is 2. The number of carbonyl (C=O) groups excluding carboxylic acids is 1. The molecular formula is C19H18ClFN4OS2. The zero-order chi connectivity index (χ0) is 20.1. The van der Waals surface area contributed by atoms with Crippen LogP contribution >= 0.6 is 34.7 Å². The maximum atomic E-state index is 12.9. The minimum absolute atomic E-state index is 0.133. The number of carbonyl (C=O) groups is 1. The Balaban J connectivity index is 1.54. The Bertz CT molecular complexity index is 965. The summed E-state index contributed by atoms with van der Waals surface area (Å²) in [7, 11) is 0. The van der Waals surface area contributed by atoms with Crippen molar-refractivity contribution in [1.82, 2.24) is 10.2 Å². The molecule has 1 heterocycles. The van der Waals surface area contributed by atoms with Crippen molar-refractivity contribution in [3.05, 3.63) is 64.4 Å². The molecule has 0 saturated carbocycles. The SMILES string of the molecule is Cc1ccc(Cl)cc1NC(=O)C(C)Sc1nnc(NCc2ccc(F)cc2)s1. The van der Waals surface area contributed by atoms with Crippen molar-refractivity contribution in [3.63, 3.8) is 0 Å². The van der Waals surface area contributed by atoms with E-state index in [0.29, 0.717) is 26.7 Å². The number of halogens is 2. The molecule has 0 radical (unpaired) electrons. The van der Waals surface area contributed by atoms with E-state index in [-0.39, 0.29) is 17.0 Å². The highest BCUT2D eigenvalue weighted by atomic mass is 35.5. The molecule has 5 nitrogen and oxygen atoms in total. The third-order valence-electron chi connectivity index (χ3n) is 3.87. The second-order valence-electron chi connectivity index (χ2n) is 6.06. The number of hydrogen-bond acceptors (Lipinski definition) is 6. The van der Waals surface area contributed by atoms with Crippen LogP contribution in [0.1, 0.15) is 18.1 Å². The summed E-state index contributed by atoms with van der Waals surface area (Å²) in [5.74, 6) is -0.398. The van der Waals surface area contributed by atoms with Gasteiger partial charge in [0.15, 0.2) is 4.34 Å². The van der Waals surface area contributed by atoms with Crippen molar-refractivity contribution in [2.24, 2.45) is 0 Å². The van der Waals surface area contributed by atoms with Gasteiger partial charge >= 0.3 is 0 Å². The first kappa shape index (κ1) is 20.6. The lowest BCUT2D eigenvalue weighted by Crippen LogP contribution is -2.22. The first-order valence-electron chi connectivity index (χ1n) is 8.46. The van der Waals surface area contributed by atoms with E-state index in [2.05, 4.69) is 20.8 Å². The van der Waals surface area contributed by atoms with Gasteiger partial charge in [-0.15, -0.1) is 10.2 Å². The Hall–Kier alpha value is -2.16. The Morgan fingerprint density at radius 1 is 1.25 bits per heavy atom. The average Bonchev–Trinajstić information content (AvgIpc) is 3.11. The van der Waals surface area contributed by atoms with Gasteiger partial charge in [-0.25, -0.2) is 4.39 Å². The first-order chi connectivity index (χ1) is 13.4. The van der Waals surface area contributed by atoms with Crippen LogP contribution in [-0.4, -0.2) is 21.4 Å². The molecule has 146 valence electrons. The predicted octanol–water partition coefficient (Wildman–Crippen LogP) is 5.37. The molecule has 0 fully saturated rings. The van der Waals surface area contributed by atoms with E-state index < -0.39 is 0 Å². The van der Waals surface area contributed by atoms with Crippen molar-refractivity contribution in [2.75, 3.05) is 10.6 Å². The number of thioether (sulfide) groups is 1. The minimum atomic E-state index is -0.351. The molecule has 1 aromatic heterocycles. The van der Waals surface area contributed by atoms with Crippen LogP contribution in [0, 0.1) is 12.7 Å². The van der Waals surface area contributed by atoms with E-state index in [0.717, 1.165) is 11.1 Å². The van der Waals surface area contributed by atoms with E-state index in [1.807, 2.05) is 19.9 Å². The molecule has 3 rings (SSSR count). The summed E-state index contributed by atoms with van der Waals surface area (Å²) in [6.07, 6.45) is 0. The van der Waals surface area contributed by atoms with Crippen LogP contribution in [-0.2, 0) is 11.3 Å². The van der Waals surface area contributed by atoms with Gasteiger partial charge < -0.3 is 10.6 Å². The lowest BCUT2D eigenvalue weighted by Gasteiger charge is -2.12. The van der Waals surface area contributed by atoms with E-state index in [1.165, 1.54) is 35.2 Å². The van der Waals surface area contributed by atoms with Gasteiger partial charge in [-0.3, -0.25) is 4.79 Å². The second kappa shape index (κ2) is 9.36. The molecule has 0 aliphatic rings. The molecule has 0 aliphatic carbocycles. The molecule has 0 bridgehead atoms. The van der Waals surface area contributed by atoms with Gasteiger partial charge in [0, 0.05) is 17.3 Å². The van der Waals surface area contributed by atoms with Gasteiger partial charge in [0.05, 0.1) is 5.25 Å². The van der Waals surface area contributed by atoms with Crippen LogP contribution in [0.2, 0.25) is 5.02 Å². The van der Waals surface area contributed by atoms with Crippen molar-refractivity contribution in [1.29, 1.82) is 0 Å². The quantitative estimate of drug-likeness (QED) is 0.487.